The zero-order valence-corrected chi connectivity index (χ0v) is 13.2. The van der Waals surface area contributed by atoms with Crippen molar-refractivity contribution in [2.24, 2.45) is 0 Å². The lowest BCUT2D eigenvalue weighted by molar-refractivity contribution is 0.553. The standard InChI is InChI=1S/C14H24N2O2S/c1-10-8-11(2)14(12(3)9-10)13(4)15-6-7-16-19(5,17)18/h8-9,13,15-16H,6-7H2,1-5H3. The van der Waals surface area contributed by atoms with Gasteiger partial charge in [-0.1, -0.05) is 17.7 Å². The molecule has 108 valence electrons. The van der Waals surface area contributed by atoms with Crippen molar-refractivity contribution in [1.82, 2.24) is 10.0 Å². The Morgan fingerprint density at radius 1 is 1.11 bits per heavy atom. The molecule has 0 bridgehead atoms. The van der Waals surface area contributed by atoms with Crippen molar-refractivity contribution in [3.63, 3.8) is 0 Å². The van der Waals surface area contributed by atoms with Gasteiger partial charge in [-0.3, -0.25) is 0 Å². The van der Waals surface area contributed by atoms with Crippen LogP contribution in [-0.4, -0.2) is 27.8 Å². The van der Waals surface area contributed by atoms with Crippen molar-refractivity contribution in [3.05, 3.63) is 34.4 Å². The van der Waals surface area contributed by atoms with Crippen LogP contribution in [0.15, 0.2) is 12.1 Å². The lowest BCUT2D eigenvalue weighted by Gasteiger charge is -2.20. The minimum absolute atomic E-state index is 0.210. The van der Waals surface area contributed by atoms with Gasteiger partial charge in [0, 0.05) is 19.1 Å². The van der Waals surface area contributed by atoms with E-state index in [1.807, 2.05) is 0 Å². The third-order valence-corrected chi connectivity index (χ3v) is 3.84. The summed E-state index contributed by atoms with van der Waals surface area (Å²) in [6.45, 7) is 9.45. The first kappa shape index (κ1) is 16.1. The molecule has 1 rings (SSSR count). The maximum atomic E-state index is 11.0. The largest absolute Gasteiger partial charge is 0.309 e. The summed E-state index contributed by atoms with van der Waals surface area (Å²) in [4.78, 5) is 0. The Labute approximate surface area is 116 Å². The van der Waals surface area contributed by atoms with Crippen LogP contribution < -0.4 is 10.0 Å². The minimum atomic E-state index is -3.10. The van der Waals surface area contributed by atoms with Crippen LogP contribution in [-0.2, 0) is 10.0 Å². The molecule has 1 atom stereocenters. The fraction of sp³-hybridized carbons (Fsp3) is 0.571. The van der Waals surface area contributed by atoms with Gasteiger partial charge in [-0.25, -0.2) is 13.1 Å². The summed E-state index contributed by atoms with van der Waals surface area (Å²) in [7, 11) is -3.10. The number of hydrogen-bond donors (Lipinski definition) is 2. The smallest absolute Gasteiger partial charge is 0.208 e. The van der Waals surface area contributed by atoms with Crippen LogP contribution in [0.25, 0.3) is 0 Å². The van der Waals surface area contributed by atoms with Crippen LogP contribution in [0.5, 0.6) is 0 Å². The van der Waals surface area contributed by atoms with E-state index in [9.17, 15) is 8.42 Å². The fourth-order valence-corrected chi connectivity index (χ4v) is 2.97. The van der Waals surface area contributed by atoms with E-state index in [1.54, 1.807) is 0 Å². The molecule has 0 aliphatic rings. The van der Waals surface area contributed by atoms with Crippen molar-refractivity contribution in [3.8, 4) is 0 Å². The van der Waals surface area contributed by atoms with Gasteiger partial charge in [0.1, 0.15) is 0 Å². The van der Waals surface area contributed by atoms with Crippen molar-refractivity contribution in [2.45, 2.75) is 33.7 Å². The summed E-state index contributed by atoms with van der Waals surface area (Å²) < 4.78 is 24.4. The number of benzene rings is 1. The van der Waals surface area contributed by atoms with Gasteiger partial charge < -0.3 is 5.32 Å². The molecule has 0 saturated carbocycles. The normalized spacial score (nSPS) is 13.5. The van der Waals surface area contributed by atoms with Gasteiger partial charge in [0.25, 0.3) is 0 Å². The average Bonchev–Trinajstić information content (AvgIpc) is 2.21. The van der Waals surface area contributed by atoms with Crippen LogP contribution in [0.2, 0.25) is 0 Å². The number of nitrogens with one attached hydrogen (secondary N) is 2. The Kier molecular flexibility index (Phi) is 5.52. The van der Waals surface area contributed by atoms with E-state index >= 15 is 0 Å². The van der Waals surface area contributed by atoms with Crippen molar-refractivity contribution in [2.75, 3.05) is 19.3 Å². The second-order valence-corrected chi connectivity index (χ2v) is 6.99. The molecule has 0 aliphatic heterocycles. The van der Waals surface area contributed by atoms with Crippen LogP contribution in [0.1, 0.15) is 35.2 Å². The van der Waals surface area contributed by atoms with Gasteiger partial charge in [-0.2, -0.15) is 0 Å². The number of rotatable bonds is 6. The second-order valence-electron chi connectivity index (χ2n) is 5.15. The molecule has 1 aromatic carbocycles. The quantitative estimate of drug-likeness (QED) is 0.783. The second kappa shape index (κ2) is 6.50. The Hall–Kier alpha value is -0.910. The van der Waals surface area contributed by atoms with Crippen molar-refractivity contribution < 1.29 is 8.42 Å². The summed E-state index contributed by atoms with van der Waals surface area (Å²) in [6, 6.07) is 4.56. The van der Waals surface area contributed by atoms with E-state index in [2.05, 4.69) is 49.9 Å². The molecule has 0 fully saturated rings. The maximum Gasteiger partial charge on any atom is 0.208 e. The molecule has 0 heterocycles. The predicted molar refractivity (Wildman–Crippen MR) is 79.9 cm³/mol. The summed E-state index contributed by atoms with van der Waals surface area (Å²) in [5, 5.41) is 3.35. The SMILES string of the molecule is Cc1cc(C)c(C(C)NCCNS(C)(=O)=O)c(C)c1. The molecule has 0 aliphatic carbocycles. The van der Waals surface area contributed by atoms with Gasteiger partial charge in [-0.05, 0) is 44.4 Å². The first-order valence-electron chi connectivity index (χ1n) is 6.46. The molecule has 4 nitrogen and oxygen atoms in total. The van der Waals surface area contributed by atoms with Gasteiger partial charge in [0.15, 0.2) is 0 Å². The first-order valence-corrected chi connectivity index (χ1v) is 8.35. The molecular weight excluding hydrogens is 260 g/mol. The highest BCUT2D eigenvalue weighted by Gasteiger charge is 2.11. The van der Waals surface area contributed by atoms with Gasteiger partial charge >= 0.3 is 0 Å². The summed E-state index contributed by atoms with van der Waals surface area (Å²) in [6.07, 6.45) is 1.17. The molecule has 0 saturated heterocycles. The lowest BCUT2D eigenvalue weighted by atomic mass is 9.95. The number of aryl methyl sites for hydroxylation is 3. The van der Waals surface area contributed by atoms with Gasteiger partial charge in [0.2, 0.25) is 10.0 Å². The fourth-order valence-electron chi connectivity index (χ4n) is 2.50. The van der Waals surface area contributed by atoms with E-state index in [4.69, 9.17) is 0 Å². The van der Waals surface area contributed by atoms with Crippen molar-refractivity contribution >= 4 is 10.0 Å². The van der Waals surface area contributed by atoms with Crippen LogP contribution in [0.4, 0.5) is 0 Å². The highest BCUT2D eigenvalue weighted by atomic mass is 32.2. The monoisotopic (exact) mass is 284 g/mol. The topological polar surface area (TPSA) is 58.2 Å². The summed E-state index contributed by atoms with van der Waals surface area (Å²) in [5.41, 5.74) is 5.11. The lowest BCUT2D eigenvalue weighted by Crippen LogP contribution is -2.32. The summed E-state index contributed by atoms with van der Waals surface area (Å²) in [5.74, 6) is 0. The average molecular weight is 284 g/mol. The maximum absolute atomic E-state index is 11.0. The van der Waals surface area contributed by atoms with E-state index < -0.39 is 10.0 Å². The highest BCUT2D eigenvalue weighted by Crippen LogP contribution is 2.22. The molecule has 0 aromatic heterocycles. The van der Waals surface area contributed by atoms with E-state index in [0.29, 0.717) is 13.1 Å². The third kappa shape index (κ3) is 5.30. The molecule has 1 aromatic rings. The van der Waals surface area contributed by atoms with Crippen LogP contribution >= 0.6 is 0 Å². The molecule has 5 heteroatoms. The predicted octanol–water partition coefficient (Wildman–Crippen LogP) is 1.81. The molecule has 0 spiro atoms. The van der Waals surface area contributed by atoms with E-state index in [0.717, 1.165) is 0 Å². The van der Waals surface area contributed by atoms with E-state index in [1.165, 1.54) is 28.5 Å². The zero-order chi connectivity index (χ0) is 14.6. The molecule has 0 radical (unpaired) electrons. The molecular formula is C14H24N2O2S. The van der Waals surface area contributed by atoms with Gasteiger partial charge in [-0.15, -0.1) is 0 Å². The Bertz CT molecular complexity index is 515. The third-order valence-electron chi connectivity index (χ3n) is 3.11. The van der Waals surface area contributed by atoms with E-state index in [-0.39, 0.29) is 6.04 Å². The zero-order valence-electron chi connectivity index (χ0n) is 12.4. The number of hydrogen-bond acceptors (Lipinski definition) is 3. The summed E-state index contributed by atoms with van der Waals surface area (Å²) >= 11 is 0. The molecule has 19 heavy (non-hydrogen) atoms. The molecule has 2 N–H and O–H groups in total. The Morgan fingerprint density at radius 2 is 1.63 bits per heavy atom. The Morgan fingerprint density at radius 3 is 2.11 bits per heavy atom. The van der Waals surface area contributed by atoms with Crippen LogP contribution in [0.3, 0.4) is 0 Å². The minimum Gasteiger partial charge on any atom is -0.309 e. The van der Waals surface area contributed by atoms with Crippen molar-refractivity contribution in [1.29, 1.82) is 0 Å². The molecule has 0 amide bonds. The number of sulfonamides is 1. The first-order chi connectivity index (χ1) is 8.70. The van der Waals surface area contributed by atoms with Gasteiger partial charge in [0.05, 0.1) is 6.26 Å². The van der Waals surface area contributed by atoms with Crippen LogP contribution in [0, 0.1) is 20.8 Å². The highest BCUT2D eigenvalue weighted by molar-refractivity contribution is 7.88. The Balaban J connectivity index is 2.62. The molecule has 1 unspecified atom stereocenters.